The average molecular weight is 302 g/mol. The minimum absolute atomic E-state index is 0.0162. The topological polar surface area (TPSA) is 95.3 Å². The Morgan fingerprint density at radius 3 is 1.41 bits per heavy atom. The maximum Gasteiger partial charge on any atom is 0.248 e. The lowest BCUT2D eigenvalue weighted by Crippen LogP contribution is -2.02. The maximum absolute atomic E-state index is 11.5. The minimum Gasteiger partial charge on any atom is -0.592 e. The molecular weight excluding hydrogens is 288 g/mol. The fraction of sp³-hybridized carbons (Fsp3) is 0.143. The Morgan fingerprint density at radius 2 is 1.05 bits per heavy atom. The van der Waals surface area contributed by atoms with Crippen molar-refractivity contribution in [2.75, 3.05) is 13.2 Å². The molecule has 2 aromatic carbocycles. The summed E-state index contributed by atoms with van der Waals surface area (Å²) in [6.07, 6.45) is 0. The molecule has 0 radical (unpaired) electrons. The van der Waals surface area contributed by atoms with Crippen LogP contribution in [0.4, 0.5) is 11.4 Å². The standard InChI is InChI=1S/C14H14N4O4/c19-17(13-7-3-1-4-8-13)15-21-11-12-22-16-18(20)14-9-5-2-6-10-14/h1-10H,11-12H2/b17-15-,18-16-. The van der Waals surface area contributed by atoms with Gasteiger partial charge in [0.15, 0.2) is 13.2 Å². The third kappa shape index (κ3) is 4.75. The van der Waals surface area contributed by atoms with E-state index in [-0.39, 0.29) is 13.2 Å². The molecule has 8 heteroatoms. The molecule has 0 unspecified atom stereocenters. The van der Waals surface area contributed by atoms with Crippen molar-refractivity contribution in [2.24, 2.45) is 10.6 Å². The van der Waals surface area contributed by atoms with Crippen LogP contribution in [0, 0.1) is 10.4 Å². The molecule has 114 valence electrons. The van der Waals surface area contributed by atoms with E-state index in [1.807, 2.05) is 0 Å². The molecule has 0 saturated carbocycles. The van der Waals surface area contributed by atoms with Gasteiger partial charge < -0.3 is 20.1 Å². The van der Waals surface area contributed by atoms with Crippen molar-refractivity contribution < 1.29 is 19.4 Å². The highest BCUT2D eigenvalue weighted by Crippen LogP contribution is 2.10. The maximum atomic E-state index is 11.5. The highest BCUT2D eigenvalue weighted by Gasteiger charge is 2.03. The van der Waals surface area contributed by atoms with Gasteiger partial charge in [-0.25, -0.2) is 0 Å². The predicted octanol–water partition coefficient (Wildman–Crippen LogP) is 3.44. The van der Waals surface area contributed by atoms with Crippen LogP contribution in [0.3, 0.4) is 0 Å². The van der Waals surface area contributed by atoms with E-state index < -0.39 is 0 Å². The SMILES string of the molecule is [O-]/[N+](=N\OCCO/N=[N+](\[O-])c1ccccc1)c1ccccc1. The van der Waals surface area contributed by atoms with Gasteiger partial charge in [0.2, 0.25) is 21.9 Å². The summed E-state index contributed by atoms with van der Waals surface area (Å²) in [6.45, 7) is -0.0323. The Labute approximate surface area is 126 Å². The lowest BCUT2D eigenvalue weighted by Gasteiger charge is -2.00. The van der Waals surface area contributed by atoms with E-state index in [4.69, 9.17) is 9.68 Å². The molecule has 0 heterocycles. The minimum atomic E-state index is -0.0162. The molecule has 0 N–H and O–H groups in total. The molecule has 0 aliphatic rings. The molecule has 0 fully saturated rings. The van der Waals surface area contributed by atoms with Crippen LogP contribution < -0.4 is 0 Å². The smallest absolute Gasteiger partial charge is 0.248 e. The van der Waals surface area contributed by atoms with Gasteiger partial charge >= 0.3 is 0 Å². The summed E-state index contributed by atoms with van der Waals surface area (Å²) in [4.78, 5) is 10.2. The number of benzene rings is 2. The van der Waals surface area contributed by atoms with Crippen molar-refractivity contribution in [3.63, 3.8) is 0 Å². The fourth-order valence-electron chi connectivity index (χ4n) is 1.47. The number of hydrogen-bond acceptors (Lipinski definition) is 6. The molecule has 0 amide bonds. The summed E-state index contributed by atoms with van der Waals surface area (Å²) in [5, 5.41) is 29.6. The zero-order valence-electron chi connectivity index (χ0n) is 11.6. The summed E-state index contributed by atoms with van der Waals surface area (Å²) in [5.74, 6) is 0. The van der Waals surface area contributed by atoms with E-state index >= 15 is 0 Å². The molecule has 8 nitrogen and oxygen atoms in total. The van der Waals surface area contributed by atoms with Crippen LogP contribution in [0.25, 0.3) is 0 Å². The van der Waals surface area contributed by atoms with Crippen LogP contribution in [0.5, 0.6) is 0 Å². The molecule has 0 spiro atoms. The van der Waals surface area contributed by atoms with Gasteiger partial charge in [0, 0.05) is 24.3 Å². The second-order valence-electron chi connectivity index (χ2n) is 4.05. The highest BCUT2D eigenvalue weighted by molar-refractivity contribution is 5.28. The Hall–Kier alpha value is -3.16. The van der Waals surface area contributed by atoms with Gasteiger partial charge in [0.25, 0.3) is 0 Å². The van der Waals surface area contributed by atoms with Gasteiger partial charge in [-0.1, -0.05) is 36.4 Å². The third-order valence-electron chi connectivity index (χ3n) is 2.48. The third-order valence-corrected chi connectivity index (χ3v) is 2.48. The lowest BCUT2D eigenvalue weighted by atomic mass is 10.3. The van der Waals surface area contributed by atoms with Gasteiger partial charge in [0.1, 0.15) is 0 Å². The van der Waals surface area contributed by atoms with Crippen molar-refractivity contribution in [3.05, 3.63) is 71.1 Å². The van der Waals surface area contributed by atoms with E-state index in [2.05, 4.69) is 10.6 Å². The molecule has 22 heavy (non-hydrogen) atoms. The van der Waals surface area contributed by atoms with Crippen LogP contribution in [0.15, 0.2) is 71.2 Å². The highest BCUT2D eigenvalue weighted by atomic mass is 16.7. The van der Waals surface area contributed by atoms with Crippen molar-refractivity contribution in [1.82, 2.24) is 0 Å². The van der Waals surface area contributed by atoms with Crippen molar-refractivity contribution in [2.45, 2.75) is 0 Å². The molecule has 0 saturated heterocycles. The van der Waals surface area contributed by atoms with Gasteiger partial charge in [0.05, 0.1) is 0 Å². The van der Waals surface area contributed by atoms with Crippen molar-refractivity contribution >= 4 is 11.4 Å². The quantitative estimate of drug-likeness (QED) is 0.339. The van der Waals surface area contributed by atoms with E-state index in [1.165, 1.54) is 0 Å². The summed E-state index contributed by atoms with van der Waals surface area (Å²) in [6, 6.07) is 16.8. The van der Waals surface area contributed by atoms with E-state index in [0.29, 0.717) is 21.1 Å². The summed E-state index contributed by atoms with van der Waals surface area (Å²) in [7, 11) is 0. The van der Waals surface area contributed by atoms with Crippen LogP contribution >= 0.6 is 0 Å². The number of hydrogen-bond donors (Lipinski definition) is 0. The fourth-order valence-corrected chi connectivity index (χ4v) is 1.47. The van der Waals surface area contributed by atoms with Crippen LogP contribution in [0.2, 0.25) is 0 Å². The zero-order chi connectivity index (χ0) is 15.6. The van der Waals surface area contributed by atoms with Gasteiger partial charge in [-0.3, -0.25) is 0 Å². The Morgan fingerprint density at radius 1 is 0.682 bits per heavy atom. The van der Waals surface area contributed by atoms with Crippen LogP contribution in [-0.4, -0.2) is 22.9 Å². The predicted molar refractivity (Wildman–Crippen MR) is 76.2 cm³/mol. The number of rotatable bonds is 7. The first-order valence-electron chi connectivity index (χ1n) is 6.48. The first kappa shape index (κ1) is 15.2. The van der Waals surface area contributed by atoms with E-state index in [0.717, 1.165) is 0 Å². The second kappa shape index (κ2) is 8.20. The molecular formula is C14H14N4O4. The van der Waals surface area contributed by atoms with E-state index in [9.17, 15) is 10.4 Å². The van der Waals surface area contributed by atoms with E-state index in [1.54, 1.807) is 60.7 Å². The molecule has 0 aliphatic carbocycles. The molecule has 2 aromatic rings. The van der Waals surface area contributed by atoms with Gasteiger partial charge in [-0.05, 0) is 9.72 Å². The normalized spacial score (nSPS) is 12.0. The van der Waals surface area contributed by atoms with Gasteiger partial charge in [-0.2, -0.15) is 0 Å². The van der Waals surface area contributed by atoms with Crippen molar-refractivity contribution in [3.8, 4) is 0 Å². The largest absolute Gasteiger partial charge is 0.592 e. The zero-order valence-corrected chi connectivity index (χ0v) is 11.6. The second-order valence-corrected chi connectivity index (χ2v) is 4.05. The number of nitrogens with zero attached hydrogens (tertiary/aromatic N) is 4. The summed E-state index contributed by atoms with van der Waals surface area (Å²) in [5.41, 5.74) is 0.700. The molecule has 2 rings (SSSR count). The van der Waals surface area contributed by atoms with Gasteiger partial charge in [-0.15, -0.1) is 0 Å². The summed E-state index contributed by atoms with van der Waals surface area (Å²) < 4.78 is 0. The first-order valence-corrected chi connectivity index (χ1v) is 6.48. The Kier molecular flexibility index (Phi) is 5.68. The molecule has 0 aliphatic heterocycles. The van der Waals surface area contributed by atoms with Crippen LogP contribution in [0.1, 0.15) is 0 Å². The van der Waals surface area contributed by atoms with Crippen LogP contribution in [-0.2, 0) is 9.68 Å². The summed E-state index contributed by atoms with van der Waals surface area (Å²) >= 11 is 0. The van der Waals surface area contributed by atoms with Crippen molar-refractivity contribution in [1.29, 1.82) is 0 Å². The Balaban J connectivity index is 1.71. The monoisotopic (exact) mass is 302 g/mol. The Bertz CT molecular complexity index is 574. The number of para-hydroxylation sites is 2. The first-order chi connectivity index (χ1) is 10.8. The lowest BCUT2D eigenvalue weighted by molar-refractivity contribution is -0.485. The molecule has 0 bridgehead atoms. The average Bonchev–Trinajstić information content (AvgIpc) is 2.59. The molecule has 0 aromatic heterocycles. The molecule has 0 atom stereocenters.